The minimum Gasteiger partial charge on any atom is -0.455 e. The van der Waals surface area contributed by atoms with Gasteiger partial charge in [-0.1, -0.05) is 204 Å². The minimum atomic E-state index is -0.349. The van der Waals surface area contributed by atoms with E-state index in [1.807, 2.05) is 0 Å². The molecule has 75 heavy (non-hydrogen) atoms. The molecule has 0 atom stereocenters. The van der Waals surface area contributed by atoms with Crippen LogP contribution in [0.1, 0.15) is 49.9 Å². The summed E-state index contributed by atoms with van der Waals surface area (Å²) in [6.07, 6.45) is 0. The molecule has 3 nitrogen and oxygen atoms in total. The fourth-order valence-electron chi connectivity index (χ4n) is 12.9. The van der Waals surface area contributed by atoms with E-state index in [0.717, 1.165) is 83.5 Å². The fraction of sp³-hybridized carbons (Fsp3) is 0.0833. The molecule has 2 heterocycles. The topological polar surface area (TPSA) is 29.5 Å². The van der Waals surface area contributed by atoms with Crippen LogP contribution in [0.15, 0.2) is 245 Å². The Balaban J connectivity index is 0.977. The van der Waals surface area contributed by atoms with Gasteiger partial charge in [-0.15, -0.1) is 0 Å². The van der Waals surface area contributed by atoms with E-state index in [9.17, 15) is 0 Å². The molecule has 3 heteroatoms. The van der Waals surface area contributed by atoms with Crippen LogP contribution in [0.25, 0.3) is 111 Å². The molecule has 0 radical (unpaired) electrons. The highest BCUT2D eigenvalue weighted by Gasteiger charge is 2.41. The molecular formula is C72H51NO2. The highest BCUT2D eigenvalue weighted by Crippen LogP contribution is 2.59. The first kappa shape index (κ1) is 43.4. The predicted octanol–water partition coefficient (Wildman–Crippen LogP) is 20.2. The quantitative estimate of drug-likeness (QED) is 0.159. The summed E-state index contributed by atoms with van der Waals surface area (Å²) in [5.41, 5.74) is 25.7. The molecular weight excluding hydrogens is 911 g/mol. The zero-order chi connectivity index (χ0) is 50.2. The lowest BCUT2D eigenvalue weighted by molar-refractivity contribution is 0.657. The number of furan rings is 2. The number of rotatable bonds is 7. The third-order valence-electron chi connectivity index (χ3n) is 16.6. The Morgan fingerprint density at radius 1 is 0.307 bits per heavy atom. The molecule has 356 valence electrons. The van der Waals surface area contributed by atoms with Crippen molar-refractivity contribution in [3.63, 3.8) is 0 Å². The first-order valence-electron chi connectivity index (χ1n) is 26.2. The molecule has 2 aromatic heterocycles. The van der Waals surface area contributed by atoms with Gasteiger partial charge in [0, 0.05) is 60.4 Å². The summed E-state index contributed by atoms with van der Waals surface area (Å²) in [6.45, 7) is 9.60. The van der Waals surface area contributed by atoms with E-state index in [4.69, 9.17) is 8.83 Å². The van der Waals surface area contributed by atoms with E-state index in [2.05, 4.69) is 269 Å². The van der Waals surface area contributed by atoms with Gasteiger partial charge in [0.1, 0.15) is 22.3 Å². The molecule has 2 aliphatic rings. The maximum absolute atomic E-state index is 6.85. The second kappa shape index (κ2) is 16.2. The Kier molecular flexibility index (Phi) is 9.35. The van der Waals surface area contributed by atoms with Gasteiger partial charge in [0.05, 0.1) is 5.69 Å². The number of hydrogen-bond acceptors (Lipinski definition) is 3. The van der Waals surface area contributed by atoms with E-state index < -0.39 is 0 Å². The van der Waals surface area contributed by atoms with Crippen molar-refractivity contribution in [1.29, 1.82) is 0 Å². The molecule has 11 aromatic carbocycles. The molecule has 2 aliphatic carbocycles. The SMILES string of the molecule is CC1(C)c2cc(N(c3ccc4c(c3)C(C)(C)c3cc(-c5ccccc5)c5oc6ccccc6c5c3-4)c3ccc(-c4ccccc4)cc3-c3ccccc3)ccc2-c2c1cc(-c1ccccc1)c1oc3ccccc3c21. The lowest BCUT2D eigenvalue weighted by atomic mass is 9.80. The molecule has 0 unspecified atom stereocenters. The zero-order valence-electron chi connectivity index (χ0n) is 42.3. The van der Waals surface area contributed by atoms with Crippen LogP contribution in [0.5, 0.6) is 0 Å². The van der Waals surface area contributed by atoms with Crippen LogP contribution in [-0.4, -0.2) is 0 Å². The molecule has 0 bridgehead atoms. The van der Waals surface area contributed by atoms with Gasteiger partial charge in [0.25, 0.3) is 0 Å². The average Bonchev–Trinajstić information content (AvgIpc) is 4.24. The monoisotopic (exact) mass is 961 g/mol. The number of hydrogen-bond donors (Lipinski definition) is 0. The summed E-state index contributed by atoms with van der Waals surface area (Å²) < 4.78 is 13.7. The molecule has 0 saturated carbocycles. The van der Waals surface area contributed by atoms with Crippen LogP contribution < -0.4 is 4.90 Å². The first-order chi connectivity index (χ1) is 36.7. The molecule has 0 spiro atoms. The third kappa shape index (κ3) is 6.41. The van der Waals surface area contributed by atoms with E-state index in [0.29, 0.717) is 0 Å². The van der Waals surface area contributed by atoms with Crippen molar-refractivity contribution in [2.45, 2.75) is 38.5 Å². The van der Waals surface area contributed by atoms with E-state index in [1.54, 1.807) is 0 Å². The van der Waals surface area contributed by atoms with Crippen LogP contribution in [0, 0.1) is 0 Å². The molecule has 0 fully saturated rings. The van der Waals surface area contributed by atoms with Gasteiger partial charge in [-0.3, -0.25) is 0 Å². The van der Waals surface area contributed by atoms with Gasteiger partial charge in [0.2, 0.25) is 0 Å². The smallest absolute Gasteiger partial charge is 0.143 e. The molecule has 13 aromatic rings. The number of fused-ring (bicyclic) bond motifs is 14. The standard InChI is InChI=1S/C72H51NO2/c1-71(2)58-40-49(34-36-51(58)65-60(71)42-56(46-25-13-7-14-26-46)69-67(65)53-29-17-19-31-63(53)74-69)73(62-38-33-48(44-21-9-5-10-22-44)39-55(62)45-23-11-6-12-24-45)50-35-37-52-59(41-50)72(3,4)61-43-57(47-27-15-8-16-28-47)70-68(66(52)61)54-30-18-20-32-64(54)75-70/h5-43H,1-4H3. The Bertz CT molecular complexity index is 4220. The maximum atomic E-state index is 6.85. The number of nitrogens with zero attached hydrogens (tertiary/aromatic N) is 1. The van der Waals surface area contributed by atoms with Crippen LogP contribution >= 0.6 is 0 Å². The summed E-state index contributed by atoms with van der Waals surface area (Å²) in [6, 6.07) is 86.4. The highest BCUT2D eigenvalue weighted by molar-refractivity contribution is 6.20. The van der Waals surface area contributed by atoms with Crippen molar-refractivity contribution in [3.05, 3.63) is 259 Å². The van der Waals surface area contributed by atoms with Crippen molar-refractivity contribution < 1.29 is 8.83 Å². The van der Waals surface area contributed by atoms with Crippen molar-refractivity contribution >= 4 is 60.9 Å². The van der Waals surface area contributed by atoms with E-state index in [1.165, 1.54) is 66.4 Å². The number of anilines is 3. The Morgan fingerprint density at radius 2 is 0.707 bits per heavy atom. The van der Waals surface area contributed by atoms with Crippen molar-refractivity contribution in [3.8, 4) is 66.8 Å². The van der Waals surface area contributed by atoms with Crippen LogP contribution in [0.4, 0.5) is 17.1 Å². The van der Waals surface area contributed by atoms with Crippen LogP contribution in [0.2, 0.25) is 0 Å². The second-order valence-corrected chi connectivity index (χ2v) is 21.5. The maximum Gasteiger partial charge on any atom is 0.143 e. The van der Waals surface area contributed by atoms with Gasteiger partial charge >= 0.3 is 0 Å². The van der Waals surface area contributed by atoms with Crippen molar-refractivity contribution in [2.75, 3.05) is 4.90 Å². The summed E-state index contributed by atoms with van der Waals surface area (Å²) in [5, 5.41) is 4.63. The third-order valence-corrected chi connectivity index (χ3v) is 16.6. The Hall–Kier alpha value is -9.18. The second-order valence-electron chi connectivity index (χ2n) is 21.5. The average molecular weight is 962 g/mol. The summed E-state index contributed by atoms with van der Waals surface area (Å²) >= 11 is 0. The Labute approximate surface area is 436 Å². The number of benzene rings is 11. The largest absolute Gasteiger partial charge is 0.455 e. The van der Waals surface area contributed by atoms with Gasteiger partial charge in [-0.25, -0.2) is 0 Å². The lowest BCUT2D eigenvalue weighted by Gasteiger charge is -2.31. The molecule has 0 saturated heterocycles. The summed E-state index contributed by atoms with van der Waals surface area (Å²) in [7, 11) is 0. The lowest BCUT2D eigenvalue weighted by Crippen LogP contribution is -2.18. The molecule has 15 rings (SSSR count). The van der Waals surface area contributed by atoms with Crippen LogP contribution in [-0.2, 0) is 10.8 Å². The molecule has 0 N–H and O–H groups in total. The summed E-state index contributed by atoms with van der Waals surface area (Å²) in [4.78, 5) is 2.52. The van der Waals surface area contributed by atoms with Gasteiger partial charge in [-0.2, -0.15) is 0 Å². The van der Waals surface area contributed by atoms with Gasteiger partial charge in [0.15, 0.2) is 0 Å². The zero-order valence-corrected chi connectivity index (χ0v) is 42.3. The predicted molar refractivity (Wildman–Crippen MR) is 313 cm³/mol. The first-order valence-corrected chi connectivity index (χ1v) is 26.2. The van der Waals surface area contributed by atoms with E-state index >= 15 is 0 Å². The number of para-hydroxylation sites is 2. The normalized spacial score (nSPS) is 13.8. The van der Waals surface area contributed by atoms with E-state index in [-0.39, 0.29) is 10.8 Å². The van der Waals surface area contributed by atoms with Crippen molar-refractivity contribution in [1.82, 2.24) is 0 Å². The molecule has 0 amide bonds. The molecule has 0 aliphatic heterocycles. The minimum absolute atomic E-state index is 0.349. The van der Waals surface area contributed by atoms with Crippen molar-refractivity contribution in [2.24, 2.45) is 0 Å². The fourth-order valence-corrected chi connectivity index (χ4v) is 12.9. The summed E-state index contributed by atoms with van der Waals surface area (Å²) in [5.74, 6) is 0. The van der Waals surface area contributed by atoms with Gasteiger partial charge in [-0.05, 0) is 133 Å². The Morgan fingerprint density at radius 3 is 1.16 bits per heavy atom. The van der Waals surface area contributed by atoms with Crippen LogP contribution in [0.3, 0.4) is 0 Å². The highest BCUT2D eigenvalue weighted by atomic mass is 16.3. The van der Waals surface area contributed by atoms with Gasteiger partial charge < -0.3 is 13.7 Å².